The van der Waals surface area contributed by atoms with Gasteiger partial charge in [-0.15, -0.1) is 0 Å². The zero-order valence-electron chi connectivity index (χ0n) is 13.2. The molecule has 0 spiro atoms. The van der Waals surface area contributed by atoms with Crippen LogP contribution >= 0.6 is 11.8 Å². The quantitative estimate of drug-likeness (QED) is 0.637. The van der Waals surface area contributed by atoms with Crippen LogP contribution < -0.4 is 10.6 Å². The minimum atomic E-state index is -4.33. The van der Waals surface area contributed by atoms with Crippen LogP contribution in [0.3, 0.4) is 0 Å². The number of aliphatic imine (C=N–C) groups is 1. The highest BCUT2D eigenvalue weighted by atomic mass is 32.2. The predicted molar refractivity (Wildman–Crippen MR) is 87.3 cm³/mol. The molecule has 0 aliphatic rings. The Morgan fingerprint density at radius 3 is 2.55 bits per heavy atom. The van der Waals surface area contributed by atoms with Crippen molar-refractivity contribution >= 4 is 17.7 Å². The van der Waals surface area contributed by atoms with E-state index in [0.717, 1.165) is 18.7 Å². The Balaban J connectivity index is 2.73. The Bertz CT molecular complexity index is 503. The van der Waals surface area contributed by atoms with E-state index in [4.69, 9.17) is 0 Å². The van der Waals surface area contributed by atoms with Gasteiger partial charge in [0, 0.05) is 18.8 Å². The molecule has 0 radical (unpaired) electrons. The molecule has 0 fully saturated rings. The van der Waals surface area contributed by atoms with Crippen LogP contribution in [0.25, 0.3) is 0 Å². The number of nitrogens with zero attached hydrogens (tertiary/aromatic N) is 1. The lowest BCUT2D eigenvalue weighted by Gasteiger charge is -2.20. The lowest BCUT2D eigenvalue weighted by atomic mass is 10.1. The topological polar surface area (TPSA) is 36.4 Å². The Morgan fingerprint density at radius 2 is 2.00 bits per heavy atom. The molecule has 2 atom stereocenters. The van der Waals surface area contributed by atoms with Crippen LogP contribution in [0, 0.1) is 0 Å². The largest absolute Gasteiger partial charge is 0.416 e. The molecule has 0 aromatic heterocycles. The third-order valence-electron chi connectivity index (χ3n) is 3.25. The lowest BCUT2D eigenvalue weighted by Crippen LogP contribution is -2.41. The van der Waals surface area contributed by atoms with Crippen molar-refractivity contribution in [2.24, 2.45) is 4.99 Å². The van der Waals surface area contributed by atoms with Gasteiger partial charge in [0.15, 0.2) is 5.96 Å². The minimum Gasteiger partial charge on any atom is -0.355 e. The van der Waals surface area contributed by atoms with Gasteiger partial charge in [-0.1, -0.05) is 19.1 Å². The van der Waals surface area contributed by atoms with E-state index in [1.54, 1.807) is 31.8 Å². The van der Waals surface area contributed by atoms with Crippen molar-refractivity contribution in [3.8, 4) is 0 Å². The summed E-state index contributed by atoms with van der Waals surface area (Å²) in [6, 6.07) is 5.05. The molecule has 124 valence electrons. The van der Waals surface area contributed by atoms with Gasteiger partial charge in [0.25, 0.3) is 0 Å². The molecule has 1 aromatic rings. The summed E-state index contributed by atoms with van der Waals surface area (Å²) in [6.07, 6.45) is -2.31. The van der Waals surface area contributed by atoms with E-state index in [1.165, 1.54) is 6.07 Å². The van der Waals surface area contributed by atoms with Crippen LogP contribution in [0.4, 0.5) is 13.2 Å². The van der Waals surface area contributed by atoms with Crippen molar-refractivity contribution in [3.05, 3.63) is 35.4 Å². The summed E-state index contributed by atoms with van der Waals surface area (Å²) in [5, 5.41) is 6.68. The molecule has 2 N–H and O–H groups in total. The molecule has 0 aliphatic heterocycles. The summed E-state index contributed by atoms with van der Waals surface area (Å²) in [4.78, 5) is 4.09. The molecule has 0 saturated carbocycles. The summed E-state index contributed by atoms with van der Waals surface area (Å²) < 4.78 is 38.2. The number of rotatable bonds is 5. The molecular weight excluding hydrogens is 311 g/mol. The highest BCUT2D eigenvalue weighted by Gasteiger charge is 2.30. The number of nitrogens with one attached hydrogen (secondary N) is 2. The summed E-state index contributed by atoms with van der Waals surface area (Å²) in [7, 11) is 1.64. The second-order valence-corrected chi connectivity index (χ2v) is 6.26. The second kappa shape index (κ2) is 8.31. The van der Waals surface area contributed by atoms with Crippen molar-refractivity contribution in [1.29, 1.82) is 0 Å². The molecule has 1 aromatic carbocycles. The Morgan fingerprint density at radius 1 is 1.32 bits per heavy atom. The van der Waals surface area contributed by atoms with Crippen LogP contribution in [0.5, 0.6) is 0 Å². The van der Waals surface area contributed by atoms with Crippen molar-refractivity contribution in [2.45, 2.75) is 31.3 Å². The van der Waals surface area contributed by atoms with Gasteiger partial charge in [0.1, 0.15) is 0 Å². The van der Waals surface area contributed by atoms with Crippen LogP contribution in [0.15, 0.2) is 29.3 Å². The number of alkyl halides is 3. The van der Waals surface area contributed by atoms with Crippen molar-refractivity contribution in [1.82, 2.24) is 10.6 Å². The van der Waals surface area contributed by atoms with E-state index in [9.17, 15) is 13.2 Å². The van der Waals surface area contributed by atoms with Gasteiger partial charge >= 0.3 is 6.18 Å². The first kappa shape index (κ1) is 18.7. The minimum absolute atomic E-state index is 0.280. The van der Waals surface area contributed by atoms with E-state index >= 15 is 0 Å². The van der Waals surface area contributed by atoms with Crippen LogP contribution in [-0.4, -0.2) is 31.1 Å². The van der Waals surface area contributed by atoms with Crippen LogP contribution in [0.1, 0.15) is 31.0 Å². The van der Waals surface area contributed by atoms with E-state index in [1.807, 2.05) is 6.26 Å². The first-order valence-corrected chi connectivity index (χ1v) is 8.23. The zero-order chi connectivity index (χ0) is 16.8. The summed E-state index contributed by atoms with van der Waals surface area (Å²) in [6.45, 7) is 4.62. The van der Waals surface area contributed by atoms with Gasteiger partial charge in [0.2, 0.25) is 0 Å². The first-order valence-electron chi connectivity index (χ1n) is 6.95. The fourth-order valence-corrected chi connectivity index (χ4v) is 2.04. The maximum atomic E-state index is 12.7. The second-order valence-electron chi connectivity index (χ2n) is 4.99. The summed E-state index contributed by atoms with van der Waals surface area (Å²) in [5.41, 5.74) is -0.0757. The first-order chi connectivity index (χ1) is 10.3. The normalized spacial score (nSPS) is 15.3. The van der Waals surface area contributed by atoms with Gasteiger partial charge in [-0.2, -0.15) is 24.9 Å². The third kappa shape index (κ3) is 5.79. The van der Waals surface area contributed by atoms with E-state index in [0.29, 0.717) is 16.8 Å². The van der Waals surface area contributed by atoms with Gasteiger partial charge in [-0.3, -0.25) is 4.99 Å². The SMILES string of the molecule is CN=C(NCC(C)SC)NC(C)c1cccc(C(F)(F)F)c1. The van der Waals surface area contributed by atoms with E-state index < -0.39 is 11.7 Å². The molecule has 0 bridgehead atoms. The molecule has 22 heavy (non-hydrogen) atoms. The molecule has 0 heterocycles. The van der Waals surface area contributed by atoms with E-state index in [2.05, 4.69) is 22.5 Å². The molecule has 3 nitrogen and oxygen atoms in total. The van der Waals surface area contributed by atoms with Crippen LogP contribution in [-0.2, 0) is 6.18 Å². The van der Waals surface area contributed by atoms with Gasteiger partial charge < -0.3 is 10.6 Å². The Hall–Kier alpha value is -1.37. The van der Waals surface area contributed by atoms with Crippen molar-refractivity contribution in [3.63, 3.8) is 0 Å². The van der Waals surface area contributed by atoms with Crippen molar-refractivity contribution < 1.29 is 13.2 Å². The molecule has 1 rings (SSSR count). The molecule has 7 heteroatoms. The maximum absolute atomic E-state index is 12.7. The number of halogens is 3. The highest BCUT2D eigenvalue weighted by molar-refractivity contribution is 7.99. The van der Waals surface area contributed by atoms with Crippen molar-refractivity contribution in [2.75, 3.05) is 19.8 Å². The van der Waals surface area contributed by atoms with E-state index in [-0.39, 0.29) is 6.04 Å². The number of hydrogen-bond donors (Lipinski definition) is 2. The number of thioether (sulfide) groups is 1. The standard InChI is InChI=1S/C15H22F3N3S/c1-10(22-4)9-20-14(19-3)21-11(2)12-6-5-7-13(8-12)15(16,17)18/h5-8,10-11H,9H2,1-4H3,(H2,19,20,21). The monoisotopic (exact) mass is 333 g/mol. The predicted octanol–water partition coefficient (Wildman–Crippen LogP) is 3.68. The molecule has 0 amide bonds. The average molecular weight is 333 g/mol. The molecule has 0 aliphatic carbocycles. The van der Waals surface area contributed by atoms with Gasteiger partial charge in [-0.25, -0.2) is 0 Å². The fraction of sp³-hybridized carbons (Fsp3) is 0.533. The fourth-order valence-electron chi connectivity index (χ4n) is 1.79. The molecular formula is C15H22F3N3S. The molecule has 2 unspecified atom stereocenters. The number of benzene rings is 1. The molecule has 0 saturated heterocycles. The smallest absolute Gasteiger partial charge is 0.355 e. The summed E-state index contributed by atoms with van der Waals surface area (Å²) in [5.74, 6) is 0.575. The Labute approximate surface area is 133 Å². The highest BCUT2D eigenvalue weighted by Crippen LogP contribution is 2.30. The van der Waals surface area contributed by atoms with Gasteiger partial charge in [0.05, 0.1) is 11.6 Å². The maximum Gasteiger partial charge on any atom is 0.416 e. The van der Waals surface area contributed by atoms with Gasteiger partial charge in [-0.05, 0) is 30.9 Å². The average Bonchev–Trinajstić information content (AvgIpc) is 2.50. The number of hydrogen-bond acceptors (Lipinski definition) is 2. The van der Waals surface area contributed by atoms with Crippen LogP contribution in [0.2, 0.25) is 0 Å². The number of guanidine groups is 1. The summed E-state index contributed by atoms with van der Waals surface area (Å²) >= 11 is 1.73. The lowest BCUT2D eigenvalue weighted by molar-refractivity contribution is -0.137. The third-order valence-corrected chi connectivity index (χ3v) is 4.22. The zero-order valence-corrected chi connectivity index (χ0v) is 14.0. The Kier molecular flexibility index (Phi) is 7.06.